The zero-order valence-corrected chi connectivity index (χ0v) is 13.0. The smallest absolute Gasteiger partial charge is 0.255 e. The maximum absolute atomic E-state index is 12.4. The summed E-state index contributed by atoms with van der Waals surface area (Å²) >= 11 is 0. The second-order valence-corrected chi connectivity index (χ2v) is 4.76. The molecule has 0 saturated carbocycles. The van der Waals surface area contributed by atoms with E-state index in [0.29, 0.717) is 36.0 Å². The molecular formula is C18H21NO3. The van der Waals surface area contributed by atoms with E-state index in [2.05, 4.69) is 5.32 Å². The van der Waals surface area contributed by atoms with Gasteiger partial charge in [-0.3, -0.25) is 4.79 Å². The maximum atomic E-state index is 12.4. The summed E-state index contributed by atoms with van der Waals surface area (Å²) in [7, 11) is 0. The Morgan fingerprint density at radius 3 is 2.64 bits per heavy atom. The summed E-state index contributed by atoms with van der Waals surface area (Å²) in [6.45, 7) is 5.14. The van der Waals surface area contributed by atoms with Crippen LogP contribution in [0.15, 0.2) is 48.5 Å². The van der Waals surface area contributed by atoms with Crippen LogP contribution in [0.25, 0.3) is 0 Å². The molecule has 0 heterocycles. The Morgan fingerprint density at radius 1 is 1.05 bits per heavy atom. The number of hydrogen-bond donors (Lipinski definition) is 1. The van der Waals surface area contributed by atoms with Crippen LogP contribution in [-0.4, -0.2) is 19.1 Å². The largest absolute Gasteiger partial charge is 0.494 e. The molecule has 0 bridgehead atoms. The van der Waals surface area contributed by atoms with Gasteiger partial charge in [-0.1, -0.05) is 25.1 Å². The van der Waals surface area contributed by atoms with Crippen LogP contribution in [0.2, 0.25) is 0 Å². The number of hydrogen-bond acceptors (Lipinski definition) is 3. The molecule has 0 radical (unpaired) electrons. The van der Waals surface area contributed by atoms with Crippen molar-refractivity contribution in [3.05, 3.63) is 54.1 Å². The standard InChI is InChI=1S/C18H21NO3/c1-3-12-22-15-9-7-8-14(13-15)18(20)19-16-10-5-6-11-17(16)21-4-2/h5-11,13H,3-4,12H2,1-2H3,(H,19,20). The first-order chi connectivity index (χ1) is 10.7. The molecule has 2 aromatic rings. The van der Waals surface area contributed by atoms with Gasteiger partial charge >= 0.3 is 0 Å². The molecule has 0 saturated heterocycles. The van der Waals surface area contributed by atoms with Crippen LogP contribution in [0.1, 0.15) is 30.6 Å². The highest BCUT2D eigenvalue weighted by atomic mass is 16.5. The van der Waals surface area contributed by atoms with E-state index in [0.717, 1.165) is 6.42 Å². The number of amides is 1. The van der Waals surface area contributed by atoms with E-state index in [9.17, 15) is 4.79 Å². The van der Waals surface area contributed by atoms with Gasteiger partial charge in [0.15, 0.2) is 0 Å². The van der Waals surface area contributed by atoms with E-state index >= 15 is 0 Å². The van der Waals surface area contributed by atoms with Gasteiger partial charge in [0.2, 0.25) is 0 Å². The van der Waals surface area contributed by atoms with Gasteiger partial charge in [0.1, 0.15) is 11.5 Å². The van der Waals surface area contributed by atoms with Gasteiger partial charge in [-0.15, -0.1) is 0 Å². The van der Waals surface area contributed by atoms with Crippen LogP contribution in [0.4, 0.5) is 5.69 Å². The van der Waals surface area contributed by atoms with Crippen molar-refractivity contribution in [2.45, 2.75) is 20.3 Å². The van der Waals surface area contributed by atoms with Crippen LogP contribution in [0.3, 0.4) is 0 Å². The Kier molecular flexibility index (Phi) is 5.83. The van der Waals surface area contributed by atoms with E-state index < -0.39 is 0 Å². The maximum Gasteiger partial charge on any atom is 0.255 e. The topological polar surface area (TPSA) is 47.6 Å². The first kappa shape index (κ1) is 15.9. The first-order valence-corrected chi connectivity index (χ1v) is 7.50. The fourth-order valence-corrected chi connectivity index (χ4v) is 1.99. The molecule has 0 aliphatic carbocycles. The lowest BCUT2D eigenvalue weighted by Crippen LogP contribution is -2.13. The van der Waals surface area contributed by atoms with E-state index in [4.69, 9.17) is 9.47 Å². The lowest BCUT2D eigenvalue weighted by atomic mass is 10.2. The monoisotopic (exact) mass is 299 g/mol. The fraction of sp³-hybridized carbons (Fsp3) is 0.278. The predicted octanol–water partition coefficient (Wildman–Crippen LogP) is 4.13. The van der Waals surface area contributed by atoms with Gasteiger partial charge in [-0.2, -0.15) is 0 Å². The minimum Gasteiger partial charge on any atom is -0.494 e. The van der Waals surface area contributed by atoms with Crippen molar-refractivity contribution in [2.24, 2.45) is 0 Å². The van der Waals surface area contributed by atoms with Gasteiger partial charge in [0, 0.05) is 5.56 Å². The zero-order chi connectivity index (χ0) is 15.8. The van der Waals surface area contributed by atoms with Crippen molar-refractivity contribution < 1.29 is 14.3 Å². The average Bonchev–Trinajstić information content (AvgIpc) is 2.55. The van der Waals surface area contributed by atoms with Crippen molar-refractivity contribution in [1.29, 1.82) is 0 Å². The third kappa shape index (κ3) is 4.25. The van der Waals surface area contributed by atoms with Gasteiger partial charge in [-0.25, -0.2) is 0 Å². The molecule has 0 fully saturated rings. The highest BCUT2D eigenvalue weighted by molar-refractivity contribution is 6.05. The summed E-state index contributed by atoms with van der Waals surface area (Å²) in [6, 6.07) is 14.6. The molecule has 2 aromatic carbocycles. The minimum atomic E-state index is -0.186. The number of para-hydroxylation sites is 2. The summed E-state index contributed by atoms with van der Waals surface area (Å²) in [6.07, 6.45) is 0.929. The van der Waals surface area contributed by atoms with E-state index in [-0.39, 0.29) is 5.91 Å². The predicted molar refractivity (Wildman–Crippen MR) is 87.8 cm³/mol. The molecule has 0 aliphatic rings. The summed E-state index contributed by atoms with van der Waals surface area (Å²) in [5.74, 6) is 1.18. The van der Waals surface area contributed by atoms with Crippen molar-refractivity contribution in [1.82, 2.24) is 0 Å². The van der Waals surface area contributed by atoms with E-state index in [1.807, 2.05) is 50.2 Å². The minimum absolute atomic E-state index is 0.186. The number of carbonyl (C=O) groups excluding carboxylic acids is 1. The van der Waals surface area contributed by atoms with Gasteiger partial charge in [0.05, 0.1) is 18.9 Å². The molecule has 0 aromatic heterocycles. The van der Waals surface area contributed by atoms with Gasteiger partial charge in [0.25, 0.3) is 5.91 Å². The number of benzene rings is 2. The lowest BCUT2D eigenvalue weighted by Gasteiger charge is -2.12. The quantitative estimate of drug-likeness (QED) is 0.836. The molecule has 22 heavy (non-hydrogen) atoms. The molecule has 0 spiro atoms. The molecule has 1 amide bonds. The highest BCUT2D eigenvalue weighted by Crippen LogP contribution is 2.24. The number of ether oxygens (including phenoxy) is 2. The third-order valence-corrected chi connectivity index (χ3v) is 3.00. The van der Waals surface area contributed by atoms with Crippen molar-refractivity contribution in [3.8, 4) is 11.5 Å². The molecule has 0 aliphatic heterocycles. The lowest BCUT2D eigenvalue weighted by molar-refractivity contribution is 0.102. The van der Waals surface area contributed by atoms with Crippen molar-refractivity contribution in [2.75, 3.05) is 18.5 Å². The Labute approximate surface area is 131 Å². The molecule has 4 heteroatoms. The number of rotatable bonds is 7. The van der Waals surface area contributed by atoms with Crippen molar-refractivity contribution >= 4 is 11.6 Å². The Hall–Kier alpha value is -2.49. The van der Waals surface area contributed by atoms with Crippen LogP contribution >= 0.6 is 0 Å². The van der Waals surface area contributed by atoms with E-state index in [1.165, 1.54) is 0 Å². The Bertz CT molecular complexity index is 625. The summed E-state index contributed by atoms with van der Waals surface area (Å²) in [5, 5.41) is 2.88. The average molecular weight is 299 g/mol. The SMILES string of the molecule is CCCOc1cccc(C(=O)Nc2ccccc2OCC)c1. The normalized spacial score (nSPS) is 10.1. The summed E-state index contributed by atoms with van der Waals surface area (Å²) in [4.78, 5) is 12.4. The summed E-state index contributed by atoms with van der Waals surface area (Å²) in [5.41, 5.74) is 1.22. The fourth-order valence-electron chi connectivity index (χ4n) is 1.99. The van der Waals surface area contributed by atoms with Crippen LogP contribution in [0, 0.1) is 0 Å². The molecule has 0 atom stereocenters. The Morgan fingerprint density at radius 2 is 1.86 bits per heavy atom. The van der Waals surface area contributed by atoms with Gasteiger partial charge < -0.3 is 14.8 Å². The van der Waals surface area contributed by atoms with Gasteiger partial charge in [-0.05, 0) is 43.7 Å². The molecule has 0 unspecified atom stereocenters. The van der Waals surface area contributed by atoms with E-state index in [1.54, 1.807) is 12.1 Å². The molecule has 1 N–H and O–H groups in total. The van der Waals surface area contributed by atoms with Crippen molar-refractivity contribution in [3.63, 3.8) is 0 Å². The number of nitrogens with one attached hydrogen (secondary N) is 1. The number of carbonyl (C=O) groups is 1. The zero-order valence-electron chi connectivity index (χ0n) is 13.0. The molecular weight excluding hydrogens is 278 g/mol. The van der Waals surface area contributed by atoms with Crippen LogP contribution < -0.4 is 14.8 Å². The first-order valence-electron chi connectivity index (χ1n) is 7.50. The highest BCUT2D eigenvalue weighted by Gasteiger charge is 2.10. The third-order valence-electron chi connectivity index (χ3n) is 3.00. The molecule has 116 valence electrons. The summed E-state index contributed by atoms with van der Waals surface area (Å²) < 4.78 is 11.1. The second-order valence-electron chi connectivity index (χ2n) is 4.76. The second kappa shape index (κ2) is 8.08. The Balaban J connectivity index is 2.12. The molecule has 2 rings (SSSR count). The molecule has 4 nitrogen and oxygen atoms in total. The van der Waals surface area contributed by atoms with Crippen LogP contribution in [0.5, 0.6) is 11.5 Å². The number of anilines is 1. The van der Waals surface area contributed by atoms with Crippen LogP contribution in [-0.2, 0) is 0 Å².